The molecule has 1 aromatic carbocycles. The lowest BCUT2D eigenvalue weighted by Crippen LogP contribution is -2.11. The molecule has 0 radical (unpaired) electrons. The highest BCUT2D eigenvalue weighted by Crippen LogP contribution is 2.30. The van der Waals surface area contributed by atoms with Gasteiger partial charge in [-0.2, -0.15) is 13.2 Å². The number of rotatable bonds is 1. The Morgan fingerprint density at radius 2 is 1.94 bits per heavy atom. The van der Waals surface area contributed by atoms with Gasteiger partial charge in [-0.25, -0.2) is 3.96 Å². The summed E-state index contributed by atoms with van der Waals surface area (Å²) in [4.78, 5) is 11.3. The second kappa shape index (κ2) is 3.79. The van der Waals surface area contributed by atoms with E-state index in [0.717, 1.165) is 23.7 Å². The minimum absolute atomic E-state index is 0.231. The van der Waals surface area contributed by atoms with E-state index in [1.165, 1.54) is 27.5 Å². The normalized spacial score (nSPS) is 11.7. The molecule has 0 fully saturated rings. The molecule has 0 N–H and O–H groups in total. The molecule has 2 aromatic rings. The Labute approximate surface area is 92.7 Å². The first-order valence-electron chi connectivity index (χ1n) is 4.33. The molecule has 2 rings (SSSR count). The summed E-state index contributed by atoms with van der Waals surface area (Å²) in [5, 5.41) is 1.53. The third kappa shape index (κ3) is 2.01. The molecule has 0 aliphatic carbocycles. The van der Waals surface area contributed by atoms with Crippen molar-refractivity contribution in [2.24, 2.45) is 0 Å². The van der Waals surface area contributed by atoms with Gasteiger partial charge in [0, 0.05) is 11.4 Å². The van der Waals surface area contributed by atoms with Gasteiger partial charge in [0.15, 0.2) is 0 Å². The van der Waals surface area contributed by atoms with E-state index < -0.39 is 11.7 Å². The Morgan fingerprint density at radius 3 is 2.50 bits per heavy atom. The van der Waals surface area contributed by atoms with Gasteiger partial charge in [-0.05, 0) is 18.2 Å². The Kier molecular flexibility index (Phi) is 2.59. The van der Waals surface area contributed by atoms with Crippen LogP contribution in [0, 0.1) is 0 Å². The standard InChI is InChI=1S/C10H6F3NOS/c11-10(12,13)7-2-1-3-8(6-7)14-9(15)4-5-16-14/h1-6H. The monoisotopic (exact) mass is 245 g/mol. The van der Waals surface area contributed by atoms with Crippen LogP contribution in [-0.2, 0) is 6.18 Å². The summed E-state index contributed by atoms with van der Waals surface area (Å²) >= 11 is 1.06. The third-order valence-electron chi connectivity index (χ3n) is 1.99. The maximum absolute atomic E-state index is 12.4. The molecule has 0 aliphatic rings. The fraction of sp³-hybridized carbons (Fsp3) is 0.100. The molecule has 1 heterocycles. The van der Waals surface area contributed by atoms with Crippen molar-refractivity contribution in [1.82, 2.24) is 3.96 Å². The molecule has 0 unspecified atom stereocenters. The molecule has 84 valence electrons. The van der Waals surface area contributed by atoms with Crippen LogP contribution in [0.3, 0.4) is 0 Å². The van der Waals surface area contributed by atoms with Gasteiger partial charge in [0.05, 0.1) is 11.3 Å². The lowest BCUT2D eigenvalue weighted by molar-refractivity contribution is -0.137. The number of hydrogen-bond donors (Lipinski definition) is 0. The Balaban J connectivity index is 2.53. The molecular formula is C10H6F3NOS. The summed E-state index contributed by atoms with van der Waals surface area (Å²) in [7, 11) is 0. The summed E-state index contributed by atoms with van der Waals surface area (Å²) in [5.41, 5.74) is -0.857. The summed E-state index contributed by atoms with van der Waals surface area (Å²) < 4.78 is 38.5. The van der Waals surface area contributed by atoms with Crippen LogP contribution in [0.25, 0.3) is 5.69 Å². The van der Waals surface area contributed by atoms with Crippen molar-refractivity contribution in [1.29, 1.82) is 0 Å². The lowest BCUT2D eigenvalue weighted by atomic mass is 10.2. The molecule has 0 spiro atoms. The second-order valence-electron chi connectivity index (χ2n) is 3.09. The van der Waals surface area contributed by atoms with Crippen LogP contribution in [0.4, 0.5) is 13.2 Å². The quantitative estimate of drug-likeness (QED) is 0.757. The van der Waals surface area contributed by atoms with Crippen molar-refractivity contribution in [3.05, 3.63) is 51.6 Å². The molecule has 0 saturated heterocycles. The van der Waals surface area contributed by atoms with Crippen molar-refractivity contribution < 1.29 is 13.2 Å². The van der Waals surface area contributed by atoms with Crippen LogP contribution in [-0.4, -0.2) is 3.96 Å². The van der Waals surface area contributed by atoms with E-state index in [4.69, 9.17) is 0 Å². The van der Waals surface area contributed by atoms with Crippen molar-refractivity contribution in [2.45, 2.75) is 6.18 Å². The maximum Gasteiger partial charge on any atom is 0.416 e. The number of benzene rings is 1. The molecular weight excluding hydrogens is 239 g/mol. The zero-order valence-corrected chi connectivity index (χ0v) is 8.68. The van der Waals surface area contributed by atoms with E-state index in [1.54, 1.807) is 0 Å². The first-order valence-corrected chi connectivity index (χ1v) is 5.17. The van der Waals surface area contributed by atoms with Gasteiger partial charge in [0.1, 0.15) is 0 Å². The highest BCUT2D eigenvalue weighted by atomic mass is 32.1. The van der Waals surface area contributed by atoms with E-state index in [2.05, 4.69) is 0 Å². The topological polar surface area (TPSA) is 22.0 Å². The van der Waals surface area contributed by atoms with Crippen LogP contribution in [0.1, 0.15) is 5.56 Å². The number of alkyl halides is 3. The smallest absolute Gasteiger partial charge is 0.268 e. The van der Waals surface area contributed by atoms with Gasteiger partial charge in [-0.3, -0.25) is 4.79 Å². The summed E-state index contributed by atoms with van der Waals surface area (Å²) in [6.45, 7) is 0. The van der Waals surface area contributed by atoms with Crippen LogP contribution in [0.5, 0.6) is 0 Å². The predicted molar refractivity (Wildman–Crippen MR) is 54.9 cm³/mol. The van der Waals surface area contributed by atoms with Crippen molar-refractivity contribution >= 4 is 11.5 Å². The van der Waals surface area contributed by atoms with Gasteiger partial charge in [-0.15, -0.1) is 0 Å². The first kappa shape index (κ1) is 10.9. The Bertz CT molecular complexity index is 555. The maximum atomic E-state index is 12.4. The Morgan fingerprint density at radius 1 is 1.19 bits per heavy atom. The summed E-state index contributed by atoms with van der Waals surface area (Å²) in [6.07, 6.45) is -4.39. The number of aromatic nitrogens is 1. The molecule has 0 aliphatic heterocycles. The van der Waals surface area contributed by atoms with Gasteiger partial charge in [0.25, 0.3) is 5.56 Å². The lowest BCUT2D eigenvalue weighted by Gasteiger charge is -2.08. The fourth-order valence-electron chi connectivity index (χ4n) is 1.27. The molecule has 0 amide bonds. The molecule has 0 atom stereocenters. The first-order chi connectivity index (χ1) is 7.48. The van der Waals surface area contributed by atoms with Crippen molar-refractivity contribution in [3.8, 4) is 5.69 Å². The average Bonchev–Trinajstić information content (AvgIpc) is 2.63. The van der Waals surface area contributed by atoms with Crippen molar-refractivity contribution in [3.63, 3.8) is 0 Å². The summed E-state index contributed by atoms with van der Waals surface area (Å²) in [5.74, 6) is 0. The van der Waals surface area contributed by atoms with E-state index in [0.29, 0.717) is 0 Å². The molecule has 0 bridgehead atoms. The minimum atomic E-state index is -4.39. The van der Waals surface area contributed by atoms with E-state index >= 15 is 0 Å². The van der Waals surface area contributed by atoms with Gasteiger partial charge < -0.3 is 0 Å². The van der Waals surface area contributed by atoms with Gasteiger partial charge in [0.2, 0.25) is 0 Å². The molecule has 6 heteroatoms. The van der Waals surface area contributed by atoms with Crippen molar-refractivity contribution in [2.75, 3.05) is 0 Å². The Hall–Kier alpha value is -1.56. The third-order valence-corrected chi connectivity index (χ3v) is 2.84. The SMILES string of the molecule is O=c1ccsn1-c1cccc(C(F)(F)F)c1. The van der Waals surface area contributed by atoms with E-state index in [9.17, 15) is 18.0 Å². The van der Waals surface area contributed by atoms with Crippen LogP contribution in [0.15, 0.2) is 40.5 Å². The van der Waals surface area contributed by atoms with E-state index in [1.807, 2.05) is 0 Å². The van der Waals surface area contributed by atoms with Gasteiger partial charge >= 0.3 is 6.18 Å². The number of halogens is 3. The highest BCUT2D eigenvalue weighted by Gasteiger charge is 2.30. The van der Waals surface area contributed by atoms with Crippen LogP contribution in [0.2, 0.25) is 0 Å². The second-order valence-corrected chi connectivity index (χ2v) is 3.94. The molecule has 1 aromatic heterocycles. The zero-order valence-electron chi connectivity index (χ0n) is 7.86. The largest absolute Gasteiger partial charge is 0.416 e. The predicted octanol–water partition coefficient (Wildman–Crippen LogP) is 2.92. The van der Waals surface area contributed by atoms with Gasteiger partial charge in [-0.1, -0.05) is 17.6 Å². The van der Waals surface area contributed by atoms with Crippen LogP contribution < -0.4 is 5.56 Å². The minimum Gasteiger partial charge on any atom is -0.268 e. The molecule has 2 nitrogen and oxygen atoms in total. The molecule has 0 saturated carbocycles. The number of nitrogens with zero attached hydrogens (tertiary/aromatic N) is 1. The highest BCUT2D eigenvalue weighted by molar-refractivity contribution is 7.04. The fourth-order valence-corrected chi connectivity index (χ4v) is 1.96. The summed E-state index contributed by atoms with van der Waals surface area (Å²) in [6, 6.07) is 5.99. The number of hydrogen-bond acceptors (Lipinski definition) is 2. The molecule has 16 heavy (non-hydrogen) atoms. The zero-order chi connectivity index (χ0) is 11.8. The van der Waals surface area contributed by atoms with E-state index in [-0.39, 0.29) is 11.2 Å². The average molecular weight is 245 g/mol. The van der Waals surface area contributed by atoms with Crippen LogP contribution >= 0.6 is 11.5 Å².